The van der Waals surface area contributed by atoms with Crippen molar-refractivity contribution in [1.29, 1.82) is 0 Å². The van der Waals surface area contributed by atoms with Gasteiger partial charge in [-0.15, -0.1) is 0 Å². The van der Waals surface area contributed by atoms with Crippen LogP contribution in [0.5, 0.6) is 0 Å². The highest BCUT2D eigenvalue weighted by Gasteiger charge is 2.33. The Morgan fingerprint density at radius 1 is 1.04 bits per heavy atom. The summed E-state index contributed by atoms with van der Waals surface area (Å²) < 4.78 is 40.0. The summed E-state index contributed by atoms with van der Waals surface area (Å²) in [4.78, 5) is 13.6. The molecule has 0 radical (unpaired) electrons. The van der Waals surface area contributed by atoms with Crippen LogP contribution in [0.15, 0.2) is 59.5 Å². The minimum Gasteiger partial charge on any atom is -0.311 e. The molecule has 7 heteroatoms. The zero-order chi connectivity index (χ0) is 16.4. The highest BCUT2D eigenvalue weighted by atomic mass is 32.2. The van der Waals surface area contributed by atoms with Crippen molar-refractivity contribution in [2.45, 2.75) is 17.4 Å². The maximum Gasteiger partial charge on any atom is 0.240 e. The van der Waals surface area contributed by atoms with E-state index in [1.54, 1.807) is 17.0 Å². The van der Waals surface area contributed by atoms with E-state index < -0.39 is 21.9 Å². The van der Waals surface area contributed by atoms with Gasteiger partial charge >= 0.3 is 0 Å². The highest BCUT2D eigenvalue weighted by molar-refractivity contribution is 7.89. The van der Waals surface area contributed by atoms with Gasteiger partial charge in [-0.3, -0.25) is 4.79 Å². The standard InChI is InChI=1S/C16H15FN2O3S/c17-12-6-8-15(9-7-12)23(21,22)18-13-10-16(20)19(11-13)14-4-2-1-3-5-14/h1-9,13,18H,10-11H2/t13-/m1/s1. The van der Waals surface area contributed by atoms with Crippen molar-refractivity contribution < 1.29 is 17.6 Å². The molecule has 1 N–H and O–H groups in total. The molecule has 1 atom stereocenters. The molecule has 2 aromatic carbocycles. The molecule has 2 aromatic rings. The summed E-state index contributed by atoms with van der Waals surface area (Å²) in [5.41, 5.74) is 0.737. The average Bonchev–Trinajstić information content (AvgIpc) is 2.88. The lowest BCUT2D eigenvalue weighted by atomic mass is 10.3. The number of halogens is 1. The van der Waals surface area contributed by atoms with E-state index in [9.17, 15) is 17.6 Å². The second kappa shape index (κ2) is 6.10. The average molecular weight is 334 g/mol. The Morgan fingerprint density at radius 2 is 1.70 bits per heavy atom. The summed E-state index contributed by atoms with van der Waals surface area (Å²) in [6.45, 7) is 0.267. The van der Waals surface area contributed by atoms with Crippen molar-refractivity contribution in [3.63, 3.8) is 0 Å². The second-order valence-electron chi connectivity index (χ2n) is 5.32. The van der Waals surface area contributed by atoms with Gasteiger partial charge in [0.25, 0.3) is 0 Å². The highest BCUT2D eigenvalue weighted by Crippen LogP contribution is 2.22. The number of carbonyl (C=O) groups excluding carboxylic acids is 1. The minimum absolute atomic E-state index is 0.0236. The van der Waals surface area contributed by atoms with Gasteiger partial charge in [-0.2, -0.15) is 0 Å². The largest absolute Gasteiger partial charge is 0.311 e. The number of nitrogens with zero attached hydrogens (tertiary/aromatic N) is 1. The number of nitrogens with one attached hydrogen (secondary N) is 1. The van der Waals surface area contributed by atoms with E-state index in [1.807, 2.05) is 18.2 Å². The first-order chi connectivity index (χ1) is 11.0. The summed E-state index contributed by atoms with van der Waals surface area (Å²) in [6.07, 6.45) is 0.0926. The van der Waals surface area contributed by atoms with E-state index in [2.05, 4.69) is 4.72 Å². The SMILES string of the molecule is O=C1C[C@@H](NS(=O)(=O)c2ccc(F)cc2)CN1c1ccccc1. The lowest BCUT2D eigenvalue weighted by molar-refractivity contribution is -0.117. The van der Waals surface area contributed by atoms with Crippen LogP contribution in [0.25, 0.3) is 0 Å². The zero-order valence-electron chi connectivity index (χ0n) is 12.1. The first-order valence-electron chi connectivity index (χ1n) is 7.09. The van der Waals surface area contributed by atoms with Gasteiger partial charge in [0.1, 0.15) is 5.82 Å². The van der Waals surface area contributed by atoms with Crippen LogP contribution in [0.1, 0.15) is 6.42 Å². The van der Waals surface area contributed by atoms with Crippen LogP contribution in [0.2, 0.25) is 0 Å². The lowest BCUT2D eigenvalue weighted by Gasteiger charge is -2.17. The number of amides is 1. The van der Waals surface area contributed by atoms with Crippen LogP contribution in [-0.4, -0.2) is 26.9 Å². The molecule has 0 bridgehead atoms. The number of hydrogen-bond acceptors (Lipinski definition) is 3. The Hall–Kier alpha value is -2.25. The Kier molecular flexibility index (Phi) is 4.14. The normalized spacial score (nSPS) is 18.4. The Balaban J connectivity index is 1.74. The third kappa shape index (κ3) is 3.40. The van der Waals surface area contributed by atoms with Crippen LogP contribution in [0, 0.1) is 5.82 Å². The fourth-order valence-electron chi connectivity index (χ4n) is 2.55. The van der Waals surface area contributed by atoms with Gasteiger partial charge in [0.15, 0.2) is 0 Å². The van der Waals surface area contributed by atoms with Crippen molar-refractivity contribution in [3.8, 4) is 0 Å². The van der Waals surface area contributed by atoms with E-state index in [1.165, 1.54) is 12.1 Å². The summed E-state index contributed by atoms with van der Waals surface area (Å²) in [5, 5.41) is 0. The van der Waals surface area contributed by atoms with E-state index in [4.69, 9.17) is 0 Å². The van der Waals surface area contributed by atoms with Gasteiger partial charge in [0.05, 0.1) is 4.90 Å². The fraction of sp³-hybridized carbons (Fsp3) is 0.188. The number of sulfonamides is 1. The maximum atomic E-state index is 12.9. The van der Waals surface area contributed by atoms with Gasteiger partial charge in [-0.05, 0) is 36.4 Å². The van der Waals surface area contributed by atoms with Crippen molar-refractivity contribution in [3.05, 3.63) is 60.4 Å². The third-order valence-corrected chi connectivity index (χ3v) is 5.18. The number of hydrogen-bond donors (Lipinski definition) is 1. The Labute approximate surface area is 133 Å². The third-order valence-electron chi connectivity index (χ3n) is 3.64. The van der Waals surface area contributed by atoms with Crippen LogP contribution in [-0.2, 0) is 14.8 Å². The van der Waals surface area contributed by atoms with Crippen molar-refractivity contribution in [1.82, 2.24) is 4.72 Å². The summed E-state index contributed by atoms with van der Waals surface area (Å²) in [5.74, 6) is -0.641. The number of carbonyl (C=O) groups is 1. The number of para-hydroxylation sites is 1. The fourth-order valence-corrected chi connectivity index (χ4v) is 3.77. The topological polar surface area (TPSA) is 66.5 Å². The van der Waals surface area contributed by atoms with Crippen LogP contribution in [0.4, 0.5) is 10.1 Å². The van der Waals surface area contributed by atoms with E-state index in [0.717, 1.165) is 17.8 Å². The van der Waals surface area contributed by atoms with E-state index in [0.29, 0.717) is 0 Å². The quantitative estimate of drug-likeness (QED) is 0.929. The molecule has 1 fully saturated rings. The molecule has 0 unspecified atom stereocenters. The van der Waals surface area contributed by atoms with E-state index in [-0.39, 0.29) is 23.8 Å². The molecule has 3 rings (SSSR count). The first-order valence-corrected chi connectivity index (χ1v) is 8.57. The molecule has 0 saturated carbocycles. The number of benzene rings is 2. The smallest absolute Gasteiger partial charge is 0.240 e. The molecule has 1 aliphatic rings. The molecule has 5 nitrogen and oxygen atoms in total. The van der Waals surface area contributed by atoms with Gasteiger partial charge < -0.3 is 4.90 Å². The predicted molar refractivity (Wildman–Crippen MR) is 83.9 cm³/mol. The maximum absolute atomic E-state index is 12.9. The second-order valence-corrected chi connectivity index (χ2v) is 7.03. The molecule has 1 heterocycles. The van der Waals surface area contributed by atoms with Gasteiger partial charge in [-0.1, -0.05) is 18.2 Å². The summed E-state index contributed by atoms with van der Waals surface area (Å²) in [6, 6.07) is 13.1. The molecule has 23 heavy (non-hydrogen) atoms. The monoisotopic (exact) mass is 334 g/mol. The van der Waals surface area contributed by atoms with Crippen molar-refractivity contribution in [2.24, 2.45) is 0 Å². The van der Waals surface area contributed by atoms with Crippen LogP contribution in [0.3, 0.4) is 0 Å². The summed E-state index contributed by atoms with van der Waals surface area (Å²) in [7, 11) is -3.79. The minimum atomic E-state index is -3.79. The summed E-state index contributed by atoms with van der Waals surface area (Å²) >= 11 is 0. The molecule has 120 valence electrons. The number of rotatable bonds is 4. The Morgan fingerprint density at radius 3 is 2.35 bits per heavy atom. The first kappa shape index (κ1) is 15.6. The molecule has 0 spiro atoms. The molecule has 0 aliphatic carbocycles. The molecular formula is C16H15FN2O3S. The molecule has 0 aromatic heterocycles. The Bertz CT molecular complexity index is 807. The van der Waals surface area contributed by atoms with Gasteiger partial charge in [0.2, 0.25) is 15.9 Å². The number of anilines is 1. The van der Waals surface area contributed by atoms with Crippen molar-refractivity contribution >= 4 is 21.6 Å². The lowest BCUT2D eigenvalue weighted by Crippen LogP contribution is -2.37. The molecule has 1 aliphatic heterocycles. The van der Waals surface area contributed by atoms with E-state index >= 15 is 0 Å². The van der Waals surface area contributed by atoms with Crippen molar-refractivity contribution in [2.75, 3.05) is 11.4 Å². The predicted octanol–water partition coefficient (Wildman–Crippen LogP) is 1.91. The van der Waals surface area contributed by atoms with Crippen LogP contribution >= 0.6 is 0 Å². The molecule has 1 saturated heterocycles. The van der Waals surface area contributed by atoms with Gasteiger partial charge in [-0.25, -0.2) is 17.5 Å². The molecule has 1 amide bonds. The molecular weight excluding hydrogens is 319 g/mol. The van der Waals surface area contributed by atoms with Crippen LogP contribution < -0.4 is 9.62 Å². The zero-order valence-corrected chi connectivity index (χ0v) is 13.0. The van der Waals surface area contributed by atoms with Gasteiger partial charge in [0, 0.05) is 24.7 Å².